The highest BCUT2D eigenvalue weighted by Gasteiger charge is 2.24. The van der Waals surface area contributed by atoms with Gasteiger partial charge in [-0.2, -0.15) is 0 Å². The van der Waals surface area contributed by atoms with Crippen LogP contribution < -0.4 is 4.90 Å². The molecular formula is C19H27N5O. The average molecular weight is 341 g/mol. The van der Waals surface area contributed by atoms with Crippen LogP contribution in [0.4, 0.5) is 5.95 Å². The minimum absolute atomic E-state index is 0.00549. The molecule has 0 bridgehead atoms. The lowest BCUT2D eigenvalue weighted by molar-refractivity contribution is 0.0718. The van der Waals surface area contributed by atoms with Gasteiger partial charge >= 0.3 is 0 Å². The zero-order chi connectivity index (χ0) is 18.4. The van der Waals surface area contributed by atoms with Gasteiger partial charge in [0.2, 0.25) is 5.95 Å². The van der Waals surface area contributed by atoms with Crippen LogP contribution in [0.1, 0.15) is 53.8 Å². The van der Waals surface area contributed by atoms with E-state index in [9.17, 15) is 4.79 Å². The molecule has 134 valence electrons. The van der Waals surface area contributed by atoms with Crippen LogP contribution >= 0.6 is 0 Å². The Balaban J connectivity index is 2.29. The van der Waals surface area contributed by atoms with E-state index in [0.717, 1.165) is 24.8 Å². The van der Waals surface area contributed by atoms with E-state index in [-0.39, 0.29) is 11.9 Å². The van der Waals surface area contributed by atoms with Gasteiger partial charge in [0.05, 0.1) is 17.3 Å². The first-order chi connectivity index (χ1) is 12.0. The van der Waals surface area contributed by atoms with Gasteiger partial charge in [-0.1, -0.05) is 25.8 Å². The van der Waals surface area contributed by atoms with Crippen molar-refractivity contribution in [3.63, 3.8) is 0 Å². The summed E-state index contributed by atoms with van der Waals surface area (Å²) in [5, 5.41) is 0. The molecule has 2 rings (SSSR count). The van der Waals surface area contributed by atoms with Crippen LogP contribution in [0.5, 0.6) is 0 Å². The molecule has 0 spiro atoms. The second-order valence-electron chi connectivity index (χ2n) is 6.42. The van der Waals surface area contributed by atoms with Crippen LogP contribution in [0.2, 0.25) is 0 Å². The zero-order valence-corrected chi connectivity index (χ0v) is 15.7. The number of carbonyl (C=O) groups excluding carboxylic acids is 1. The zero-order valence-electron chi connectivity index (χ0n) is 15.7. The van der Waals surface area contributed by atoms with E-state index in [0.29, 0.717) is 17.2 Å². The maximum atomic E-state index is 13.0. The first-order valence-electron chi connectivity index (χ1n) is 8.63. The quantitative estimate of drug-likeness (QED) is 0.773. The van der Waals surface area contributed by atoms with E-state index in [2.05, 4.69) is 21.9 Å². The van der Waals surface area contributed by atoms with E-state index in [4.69, 9.17) is 0 Å². The van der Waals surface area contributed by atoms with Gasteiger partial charge in [0.1, 0.15) is 0 Å². The summed E-state index contributed by atoms with van der Waals surface area (Å²) < 4.78 is 0. The van der Waals surface area contributed by atoms with Crippen molar-refractivity contribution in [3.8, 4) is 0 Å². The van der Waals surface area contributed by atoms with E-state index >= 15 is 0 Å². The molecule has 6 heteroatoms. The Labute approximate surface area is 149 Å². The second-order valence-corrected chi connectivity index (χ2v) is 6.42. The molecule has 25 heavy (non-hydrogen) atoms. The summed E-state index contributed by atoms with van der Waals surface area (Å²) in [4.78, 5) is 29.6. The maximum absolute atomic E-state index is 13.0. The summed E-state index contributed by atoms with van der Waals surface area (Å²) in [6, 6.07) is 3.93. The van der Waals surface area contributed by atoms with Crippen LogP contribution in [-0.2, 0) is 0 Å². The molecule has 0 aromatic carbocycles. The van der Waals surface area contributed by atoms with Gasteiger partial charge in [0.25, 0.3) is 5.91 Å². The molecule has 2 heterocycles. The number of aryl methyl sites for hydroxylation is 1. The first kappa shape index (κ1) is 18.8. The maximum Gasteiger partial charge on any atom is 0.257 e. The molecule has 2 aromatic rings. The van der Waals surface area contributed by atoms with Crippen LogP contribution in [0.3, 0.4) is 0 Å². The third kappa shape index (κ3) is 4.53. The minimum Gasteiger partial charge on any atom is -0.347 e. The molecular weight excluding hydrogens is 314 g/mol. The molecule has 0 aliphatic heterocycles. The summed E-state index contributed by atoms with van der Waals surface area (Å²) in [5.74, 6) is 0.541. The Hall–Kier alpha value is -2.50. The Kier molecular flexibility index (Phi) is 6.44. The number of nitrogens with zero attached hydrogens (tertiary/aromatic N) is 5. The highest BCUT2D eigenvalue weighted by Crippen LogP contribution is 2.26. The molecule has 2 aromatic heterocycles. The van der Waals surface area contributed by atoms with Crippen molar-refractivity contribution in [2.45, 2.75) is 39.2 Å². The monoisotopic (exact) mass is 341 g/mol. The predicted molar refractivity (Wildman–Crippen MR) is 99.7 cm³/mol. The van der Waals surface area contributed by atoms with Crippen molar-refractivity contribution >= 4 is 11.9 Å². The number of hydrogen-bond acceptors (Lipinski definition) is 5. The van der Waals surface area contributed by atoms with Crippen LogP contribution in [0, 0.1) is 6.92 Å². The molecule has 0 saturated heterocycles. The fraction of sp³-hybridized carbons (Fsp3) is 0.474. The molecule has 0 fully saturated rings. The standard InChI is InChI=1S/C19H27N5O/c1-6-7-10-17(15-9-8-11-20-12-15)24(5)18(25)16-13-21-19(23(3)4)22-14(16)2/h8-9,11-13,17H,6-7,10H2,1-5H3/t17-/m0/s1. The summed E-state index contributed by atoms with van der Waals surface area (Å²) in [5.41, 5.74) is 2.28. The smallest absolute Gasteiger partial charge is 0.257 e. The van der Waals surface area contributed by atoms with Crippen LogP contribution in [0.15, 0.2) is 30.7 Å². The van der Waals surface area contributed by atoms with Crippen molar-refractivity contribution in [1.82, 2.24) is 19.9 Å². The molecule has 0 aliphatic carbocycles. The van der Waals surface area contributed by atoms with Crippen molar-refractivity contribution in [3.05, 3.63) is 47.5 Å². The molecule has 0 N–H and O–H groups in total. The van der Waals surface area contributed by atoms with E-state index in [1.54, 1.807) is 17.3 Å². The van der Waals surface area contributed by atoms with Gasteiger partial charge in [-0.15, -0.1) is 0 Å². The minimum atomic E-state index is -0.0623. The molecule has 0 aliphatic rings. The van der Waals surface area contributed by atoms with Gasteiger partial charge < -0.3 is 9.80 Å². The Morgan fingerprint density at radius 1 is 1.24 bits per heavy atom. The number of unbranched alkanes of at least 4 members (excludes halogenated alkanes) is 1. The molecule has 0 radical (unpaired) electrons. The van der Waals surface area contributed by atoms with Gasteiger partial charge in [-0.25, -0.2) is 9.97 Å². The lowest BCUT2D eigenvalue weighted by atomic mass is 10.0. The third-order valence-corrected chi connectivity index (χ3v) is 4.29. The number of amides is 1. The number of aromatic nitrogens is 3. The van der Waals surface area contributed by atoms with Gasteiger partial charge in [0.15, 0.2) is 0 Å². The highest BCUT2D eigenvalue weighted by atomic mass is 16.2. The van der Waals surface area contributed by atoms with E-state index in [1.807, 2.05) is 51.3 Å². The predicted octanol–water partition coefficient (Wildman–Crippen LogP) is 3.25. The van der Waals surface area contributed by atoms with E-state index < -0.39 is 0 Å². The van der Waals surface area contributed by atoms with Gasteiger partial charge in [-0.05, 0) is 25.0 Å². The van der Waals surface area contributed by atoms with Gasteiger partial charge in [0, 0.05) is 39.7 Å². The SMILES string of the molecule is CCCC[C@@H](c1cccnc1)N(C)C(=O)c1cnc(N(C)C)nc1C. The molecule has 1 amide bonds. The topological polar surface area (TPSA) is 62.2 Å². The number of rotatable bonds is 7. The Bertz CT molecular complexity index is 702. The number of hydrogen-bond donors (Lipinski definition) is 0. The Morgan fingerprint density at radius 2 is 2.00 bits per heavy atom. The number of pyridine rings is 1. The lowest BCUT2D eigenvalue weighted by Crippen LogP contribution is -2.32. The fourth-order valence-corrected chi connectivity index (χ4v) is 2.77. The van der Waals surface area contributed by atoms with Crippen LogP contribution in [-0.4, -0.2) is 46.9 Å². The summed E-state index contributed by atoms with van der Waals surface area (Å²) >= 11 is 0. The van der Waals surface area contributed by atoms with E-state index in [1.165, 1.54) is 0 Å². The van der Waals surface area contributed by atoms with Crippen molar-refractivity contribution < 1.29 is 4.79 Å². The summed E-state index contributed by atoms with van der Waals surface area (Å²) in [7, 11) is 5.60. The van der Waals surface area contributed by atoms with Crippen molar-refractivity contribution in [2.24, 2.45) is 0 Å². The summed E-state index contributed by atoms with van der Waals surface area (Å²) in [6.45, 7) is 4.00. The summed E-state index contributed by atoms with van der Waals surface area (Å²) in [6.07, 6.45) is 8.24. The molecule has 6 nitrogen and oxygen atoms in total. The largest absolute Gasteiger partial charge is 0.347 e. The average Bonchev–Trinajstić information content (AvgIpc) is 2.62. The van der Waals surface area contributed by atoms with Crippen molar-refractivity contribution in [2.75, 3.05) is 26.0 Å². The Morgan fingerprint density at radius 3 is 2.56 bits per heavy atom. The normalized spacial score (nSPS) is 11.9. The molecule has 0 unspecified atom stereocenters. The molecule has 1 atom stereocenters. The number of anilines is 1. The van der Waals surface area contributed by atoms with Crippen molar-refractivity contribution in [1.29, 1.82) is 0 Å². The highest BCUT2D eigenvalue weighted by molar-refractivity contribution is 5.95. The fourth-order valence-electron chi connectivity index (χ4n) is 2.77. The van der Waals surface area contributed by atoms with Gasteiger partial charge in [-0.3, -0.25) is 9.78 Å². The first-order valence-corrected chi connectivity index (χ1v) is 8.63. The second kappa shape index (κ2) is 8.55. The third-order valence-electron chi connectivity index (χ3n) is 4.29. The number of carbonyl (C=O) groups is 1. The van der Waals surface area contributed by atoms with Crippen LogP contribution in [0.25, 0.3) is 0 Å². The lowest BCUT2D eigenvalue weighted by Gasteiger charge is -2.29. The molecule has 0 saturated carbocycles.